The van der Waals surface area contributed by atoms with Crippen molar-refractivity contribution in [3.8, 4) is 11.6 Å². The molecule has 11 heteroatoms. The summed E-state index contributed by atoms with van der Waals surface area (Å²) in [4.78, 5) is 16.4. The van der Waals surface area contributed by atoms with Gasteiger partial charge in [-0.15, -0.1) is 0 Å². The number of aryl methyl sites for hydroxylation is 2. The Hall–Kier alpha value is -4.12. The van der Waals surface area contributed by atoms with Crippen molar-refractivity contribution in [2.45, 2.75) is 26.2 Å². The zero-order chi connectivity index (χ0) is 25.7. The van der Waals surface area contributed by atoms with E-state index in [4.69, 9.17) is 21.7 Å². The lowest BCUT2D eigenvalue weighted by Gasteiger charge is -2.11. The van der Waals surface area contributed by atoms with Gasteiger partial charge in [-0.2, -0.15) is 10.1 Å². The van der Waals surface area contributed by atoms with Gasteiger partial charge in [-0.3, -0.25) is 4.79 Å². The number of ether oxygens (including phenoxy) is 2. The minimum atomic E-state index is -0.578. The third-order valence-electron chi connectivity index (χ3n) is 5.43. The number of allylic oxidation sites excluding steroid dienone is 4. The lowest BCUT2D eigenvalue weighted by molar-refractivity contribution is -0.119. The number of aromatic nitrogens is 3. The highest BCUT2D eigenvalue weighted by atomic mass is 32.1. The van der Waals surface area contributed by atoms with Crippen molar-refractivity contribution in [1.82, 2.24) is 25.2 Å². The summed E-state index contributed by atoms with van der Waals surface area (Å²) in [5, 5.41) is 9.72. The van der Waals surface area contributed by atoms with E-state index < -0.39 is 5.83 Å². The Bertz CT molecular complexity index is 1400. The SMILES string of the molecule is COc1cn2ncnc(OC3=CC=C(NC(=S)NC(=O)CCc4ccc(F)cc4)CC=C3F)c2c1C. The number of fused-ring (bicyclic) bond motifs is 1. The van der Waals surface area contributed by atoms with Crippen LogP contribution in [0.1, 0.15) is 24.0 Å². The number of hydrogen-bond acceptors (Lipinski definition) is 6. The van der Waals surface area contributed by atoms with Crippen molar-refractivity contribution in [2.75, 3.05) is 7.11 Å². The van der Waals surface area contributed by atoms with Gasteiger partial charge in [-0.25, -0.2) is 13.3 Å². The van der Waals surface area contributed by atoms with E-state index in [1.54, 1.807) is 36.0 Å². The molecule has 1 amide bonds. The van der Waals surface area contributed by atoms with E-state index in [-0.39, 0.29) is 41.3 Å². The molecule has 2 N–H and O–H groups in total. The van der Waals surface area contributed by atoms with Crippen molar-refractivity contribution in [3.05, 3.63) is 89.2 Å². The highest BCUT2D eigenvalue weighted by Gasteiger charge is 2.18. The molecule has 8 nitrogen and oxygen atoms in total. The molecule has 3 aromatic rings. The predicted octanol–water partition coefficient (Wildman–Crippen LogP) is 4.21. The van der Waals surface area contributed by atoms with Crippen molar-refractivity contribution in [2.24, 2.45) is 0 Å². The van der Waals surface area contributed by atoms with E-state index in [0.29, 0.717) is 23.4 Å². The number of carbonyl (C=O) groups excluding carboxylic acids is 1. The standard InChI is InChI=1S/C25H23F2N5O3S/c1-15-21(34-2)13-32-23(15)24(28-14-29-32)35-20-11-9-18(8-10-19(20)27)30-25(36)31-22(33)12-5-16-3-6-17(26)7-4-16/h3-4,6-7,9-11,13-14H,5,8,12H2,1-2H3,(H2,30,31,33,36). The molecule has 0 radical (unpaired) electrons. The number of halogens is 2. The van der Waals surface area contributed by atoms with Gasteiger partial charge in [-0.1, -0.05) is 12.1 Å². The molecule has 0 saturated heterocycles. The highest BCUT2D eigenvalue weighted by Crippen LogP contribution is 2.31. The van der Waals surface area contributed by atoms with E-state index in [1.165, 1.54) is 30.6 Å². The van der Waals surface area contributed by atoms with Crippen LogP contribution in [0.4, 0.5) is 8.78 Å². The van der Waals surface area contributed by atoms with Crippen LogP contribution in [0.5, 0.6) is 11.6 Å². The zero-order valence-electron chi connectivity index (χ0n) is 19.5. The van der Waals surface area contributed by atoms with E-state index in [2.05, 4.69) is 20.7 Å². The maximum Gasteiger partial charge on any atom is 0.247 e. The van der Waals surface area contributed by atoms with E-state index >= 15 is 0 Å². The lowest BCUT2D eigenvalue weighted by Crippen LogP contribution is -2.38. The van der Waals surface area contributed by atoms with Gasteiger partial charge in [-0.05, 0) is 61.5 Å². The van der Waals surface area contributed by atoms with Crippen LogP contribution in [-0.4, -0.2) is 32.7 Å². The van der Waals surface area contributed by atoms with Crippen LogP contribution in [0.3, 0.4) is 0 Å². The fourth-order valence-electron chi connectivity index (χ4n) is 3.56. The molecule has 0 spiro atoms. The van der Waals surface area contributed by atoms with E-state index in [0.717, 1.165) is 11.1 Å². The first-order valence-electron chi connectivity index (χ1n) is 11.0. The van der Waals surface area contributed by atoms with Gasteiger partial charge in [0.25, 0.3) is 0 Å². The van der Waals surface area contributed by atoms with Crippen LogP contribution in [0, 0.1) is 12.7 Å². The van der Waals surface area contributed by atoms with Crippen molar-refractivity contribution in [1.29, 1.82) is 0 Å². The average Bonchev–Trinajstić information content (AvgIpc) is 3.10. The molecule has 2 aromatic heterocycles. The minimum absolute atomic E-state index is 0.0405. The fraction of sp³-hybridized carbons (Fsp3) is 0.200. The summed E-state index contributed by atoms with van der Waals surface area (Å²) in [6.07, 6.45) is 8.20. The minimum Gasteiger partial charge on any atom is -0.495 e. The van der Waals surface area contributed by atoms with Crippen molar-refractivity contribution < 1.29 is 23.0 Å². The summed E-state index contributed by atoms with van der Waals surface area (Å²) in [5.41, 5.74) is 2.70. The summed E-state index contributed by atoms with van der Waals surface area (Å²) in [5.74, 6) is -0.464. The largest absolute Gasteiger partial charge is 0.495 e. The van der Waals surface area contributed by atoms with Gasteiger partial charge in [0.1, 0.15) is 23.4 Å². The van der Waals surface area contributed by atoms with Gasteiger partial charge >= 0.3 is 0 Å². The van der Waals surface area contributed by atoms with E-state index in [1.807, 2.05) is 6.92 Å². The molecule has 0 atom stereocenters. The van der Waals surface area contributed by atoms with Crippen LogP contribution in [0.25, 0.3) is 5.52 Å². The number of carbonyl (C=O) groups is 1. The first-order chi connectivity index (χ1) is 17.3. The molecule has 0 fully saturated rings. The lowest BCUT2D eigenvalue weighted by atomic mass is 10.1. The predicted molar refractivity (Wildman–Crippen MR) is 133 cm³/mol. The number of nitrogens with zero attached hydrogens (tertiary/aromatic N) is 3. The molecule has 0 saturated carbocycles. The van der Waals surface area contributed by atoms with Crippen molar-refractivity contribution in [3.63, 3.8) is 0 Å². The Morgan fingerprint density at radius 3 is 2.75 bits per heavy atom. The smallest absolute Gasteiger partial charge is 0.247 e. The average molecular weight is 512 g/mol. The molecular weight excluding hydrogens is 488 g/mol. The number of hydrogen-bond donors (Lipinski definition) is 2. The monoisotopic (exact) mass is 511 g/mol. The summed E-state index contributed by atoms with van der Waals surface area (Å²) >= 11 is 5.22. The number of rotatable bonds is 7. The number of benzene rings is 1. The number of methoxy groups -OCH3 is 1. The van der Waals surface area contributed by atoms with Crippen LogP contribution in [-0.2, 0) is 11.2 Å². The first kappa shape index (κ1) is 25.0. The van der Waals surface area contributed by atoms with E-state index in [9.17, 15) is 13.6 Å². The zero-order valence-corrected chi connectivity index (χ0v) is 20.4. The molecule has 1 aromatic carbocycles. The topological polar surface area (TPSA) is 89.8 Å². The number of nitrogens with one attached hydrogen (secondary N) is 2. The maximum absolute atomic E-state index is 14.8. The Labute approximate surface area is 211 Å². The molecule has 36 heavy (non-hydrogen) atoms. The Morgan fingerprint density at radius 2 is 2.00 bits per heavy atom. The third-order valence-corrected chi connectivity index (χ3v) is 5.63. The van der Waals surface area contributed by atoms with Gasteiger partial charge in [0.05, 0.1) is 13.3 Å². The first-order valence-corrected chi connectivity index (χ1v) is 11.4. The maximum atomic E-state index is 14.8. The number of thiocarbonyl (C=S) groups is 1. The van der Waals surface area contributed by atoms with Gasteiger partial charge in [0, 0.05) is 24.1 Å². The molecule has 0 bridgehead atoms. The van der Waals surface area contributed by atoms with Gasteiger partial charge < -0.3 is 20.1 Å². The molecule has 2 heterocycles. The number of amides is 1. The second-order valence-electron chi connectivity index (χ2n) is 7.89. The Morgan fingerprint density at radius 1 is 1.22 bits per heavy atom. The second kappa shape index (κ2) is 11.1. The second-order valence-corrected chi connectivity index (χ2v) is 8.30. The molecule has 0 aliphatic heterocycles. The third kappa shape index (κ3) is 5.92. The van der Waals surface area contributed by atoms with Crippen LogP contribution in [0.15, 0.2) is 72.3 Å². The normalized spacial score (nSPS) is 13.3. The molecule has 4 rings (SSSR count). The highest BCUT2D eigenvalue weighted by molar-refractivity contribution is 7.80. The quantitative estimate of drug-likeness (QED) is 0.460. The summed E-state index contributed by atoms with van der Waals surface area (Å²) < 4.78 is 40.4. The molecular formula is C25H23F2N5O3S. The van der Waals surface area contributed by atoms with Crippen LogP contribution < -0.4 is 20.1 Å². The van der Waals surface area contributed by atoms with Gasteiger partial charge in [0.15, 0.2) is 16.7 Å². The van der Waals surface area contributed by atoms with Gasteiger partial charge in [0.2, 0.25) is 11.8 Å². The Balaban J connectivity index is 1.39. The van der Waals surface area contributed by atoms with Crippen LogP contribution in [0.2, 0.25) is 0 Å². The molecule has 1 aliphatic carbocycles. The summed E-state index contributed by atoms with van der Waals surface area (Å²) in [7, 11) is 1.55. The molecule has 1 aliphatic rings. The van der Waals surface area contributed by atoms with Crippen LogP contribution >= 0.6 is 12.2 Å². The fourth-order valence-corrected chi connectivity index (χ4v) is 3.81. The summed E-state index contributed by atoms with van der Waals surface area (Å²) in [6, 6.07) is 5.95. The summed E-state index contributed by atoms with van der Waals surface area (Å²) in [6.45, 7) is 1.83. The molecule has 0 unspecified atom stereocenters. The molecule has 186 valence electrons. The Kier molecular flexibility index (Phi) is 7.69. The van der Waals surface area contributed by atoms with Crippen molar-refractivity contribution >= 4 is 28.8 Å².